The molecule has 0 aromatic rings. The summed E-state index contributed by atoms with van der Waals surface area (Å²) in [6, 6.07) is 0. The van der Waals surface area contributed by atoms with Crippen molar-refractivity contribution in [3.63, 3.8) is 0 Å². The maximum absolute atomic E-state index is 11.3. The van der Waals surface area contributed by atoms with Crippen LogP contribution in [0.1, 0.15) is 46.5 Å². The lowest BCUT2D eigenvalue weighted by Gasteiger charge is -2.39. The SMILES string of the molecule is C=C(C)C(=O)OCC1(C)CCCCC1C. The van der Waals surface area contributed by atoms with Crippen LogP contribution in [0.15, 0.2) is 12.2 Å². The molecule has 0 N–H and O–H groups in total. The third kappa shape index (κ3) is 3.08. The highest BCUT2D eigenvalue weighted by Crippen LogP contribution is 2.40. The number of rotatable bonds is 3. The highest BCUT2D eigenvalue weighted by atomic mass is 16.5. The van der Waals surface area contributed by atoms with Gasteiger partial charge in [0, 0.05) is 11.0 Å². The Bertz CT molecular complexity index is 257. The second-order valence-electron chi connectivity index (χ2n) is 5.16. The van der Waals surface area contributed by atoms with Gasteiger partial charge in [-0.25, -0.2) is 4.79 Å². The van der Waals surface area contributed by atoms with E-state index in [-0.39, 0.29) is 11.4 Å². The molecule has 0 amide bonds. The van der Waals surface area contributed by atoms with Gasteiger partial charge in [0.1, 0.15) is 0 Å². The van der Waals surface area contributed by atoms with E-state index in [1.54, 1.807) is 6.92 Å². The van der Waals surface area contributed by atoms with Crippen LogP contribution in [0.25, 0.3) is 0 Å². The quantitative estimate of drug-likeness (QED) is 0.527. The lowest BCUT2D eigenvalue weighted by Crippen LogP contribution is -2.34. The molecule has 2 nitrogen and oxygen atoms in total. The summed E-state index contributed by atoms with van der Waals surface area (Å²) >= 11 is 0. The van der Waals surface area contributed by atoms with Gasteiger partial charge < -0.3 is 4.74 Å². The lowest BCUT2D eigenvalue weighted by molar-refractivity contribution is -0.144. The minimum Gasteiger partial charge on any atom is -0.462 e. The molecule has 1 rings (SSSR count). The molecule has 0 radical (unpaired) electrons. The number of hydrogen-bond acceptors (Lipinski definition) is 2. The number of esters is 1. The van der Waals surface area contributed by atoms with Crippen molar-refractivity contribution in [2.75, 3.05) is 6.61 Å². The first-order valence-electron chi connectivity index (χ1n) is 5.78. The van der Waals surface area contributed by atoms with E-state index in [4.69, 9.17) is 4.74 Å². The average Bonchev–Trinajstić information content (AvgIpc) is 2.19. The van der Waals surface area contributed by atoms with E-state index in [0.29, 0.717) is 18.1 Å². The second-order valence-corrected chi connectivity index (χ2v) is 5.16. The second kappa shape index (κ2) is 4.82. The molecule has 2 unspecified atom stereocenters. The highest BCUT2D eigenvalue weighted by Gasteiger charge is 2.34. The molecule has 0 aromatic heterocycles. The summed E-state index contributed by atoms with van der Waals surface area (Å²) in [5.74, 6) is 0.387. The maximum Gasteiger partial charge on any atom is 0.333 e. The fourth-order valence-electron chi connectivity index (χ4n) is 2.14. The molecule has 1 fully saturated rings. The molecule has 2 atom stereocenters. The molecule has 15 heavy (non-hydrogen) atoms. The molecule has 0 heterocycles. The van der Waals surface area contributed by atoms with Crippen LogP contribution in [0, 0.1) is 11.3 Å². The predicted molar refractivity (Wildman–Crippen MR) is 61.5 cm³/mol. The van der Waals surface area contributed by atoms with Crippen molar-refractivity contribution in [3.05, 3.63) is 12.2 Å². The largest absolute Gasteiger partial charge is 0.462 e. The topological polar surface area (TPSA) is 26.3 Å². The van der Waals surface area contributed by atoms with Crippen LogP contribution < -0.4 is 0 Å². The van der Waals surface area contributed by atoms with Crippen LogP contribution in [0.5, 0.6) is 0 Å². The van der Waals surface area contributed by atoms with Crippen molar-refractivity contribution < 1.29 is 9.53 Å². The summed E-state index contributed by atoms with van der Waals surface area (Å²) in [5.41, 5.74) is 0.658. The molecule has 86 valence electrons. The Morgan fingerprint density at radius 3 is 2.73 bits per heavy atom. The normalized spacial score (nSPS) is 31.0. The van der Waals surface area contributed by atoms with Crippen molar-refractivity contribution in [3.8, 4) is 0 Å². The van der Waals surface area contributed by atoms with E-state index in [9.17, 15) is 4.79 Å². The molecule has 0 saturated heterocycles. The molecule has 0 aliphatic heterocycles. The van der Waals surface area contributed by atoms with E-state index >= 15 is 0 Å². The number of carbonyl (C=O) groups is 1. The van der Waals surface area contributed by atoms with Gasteiger partial charge in [0.15, 0.2) is 0 Å². The minimum atomic E-state index is -0.256. The van der Waals surface area contributed by atoms with Crippen LogP contribution in [-0.4, -0.2) is 12.6 Å². The fourth-order valence-corrected chi connectivity index (χ4v) is 2.14. The van der Waals surface area contributed by atoms with Gasteiger partial charge in [-0.05, 0) is 19.3 Å². The Morgan fingerprint density at radius 1 is 1.53 bits per heavy atom. The van der Waals surface area contributed by atoms with Crippen molar-refractivity contribution in [2.45, 2.75) is 46.5 Å². The van der Waals surface area contributed by atoms with Crippen LogP contribution >= 0.6 is 0 Å². The van der Waals surface area contributed by atoms with Crippen LogP contribution in [-0.2, 0) is 9.53 Å². The van der Waals surface area contributed by atoms with Gasteiger partial charge in [-0.3, -0.25) is 0 Å². The van der Waals surface area contributed by atoms with E-state index in [1.807, 2.05) is 0 Å². The predicted octanol–water partition coefficient (Wildman–Crippen LogP) is 3.32. The smallest absolute Gasteiger partial charge is 0.333 e. The molecule has 1 aliphatic rings. The third-order valence-corrected chi connectivity index (χ3v) is 3.71. The first-order valence-corrected chi connectivity index (χ1v) is 5.78. The molecule has 0 bridgehead atoms. The van der Waals surface area contributed by atoms with Gasteiger partial charge >= 0.3 is 5.97 Å². The van der Waals surface area contributed by atoms with Crippen molar-refractivity contribution >= 4 is 5.97 Å². The highest BCUT2D eigenvalue weighted by molar-refractivity contribution is 5.86. The standard InChI is InChI=1S/C13H22O2/c1-10(2)12(14)15-9-13(4)8-6-5-7-11(13)3/h11H,1,5-9H2,2-4H3. The van der Waals surface area contributed by atoms with E-state index in [0.717, 1.165) is 6.42 Å². The summed E-state index contributed by atoms with van der Waals surface area (Å²) in [7, 11) is 0. The zero-order valence-electron chi connectivity index (χ0n) is 10.1. The summed E-state index contributed by atoms with van der Waals surface area (Å²) in [4.78, 5) is 11.3. The van der Waals surface area contributed by atoms with Crippen LogP contribution in [0.3, 0.4) is 0 Å². The summed E-state index contributed by atoms with van der Waals surface area (Å²) < 4.78 is 5.28. The summed E-state index contributed by atoms with van der Waals surface area (Å²) in [5, 5.41) is 0. The molecule has 2 heteroatoms. The zero-order chi connectivity index (χ0) is 11.5. The molecular formula is C13H22O2. The first kappa shape index (κ1) is 12.3. The third-order valence-electron chi connectivity index (χ3n) is 3.71. The van der Waals surface area contributed by atoms with Gasteiger partial charge in [-0.2, -0.15) is 0 Å². The Labute approximate surface area is 92.7 Å². The van der Waals surface area contributed by atoms with E-state index in [1.165, 1.54) is 19.3 Å². The molecule has 1 saturated carbocycles. The maximum atomic E-state index is 11.3. The van der Waals surface area contributed by atoms with Crippen molar-refractivity contribution in [1.82, 2.24) is 0 Å². The summed E-state index contributed by atoms with van der Waals surface area (Å²) in [6.45, 7) is 10.3. The number of carbonyl (C=O) groups excluding carboxylic acids is 1. The molecular weight excluding hydrogens is 188 g/mol. The van der Waals surface area contributed by atoms with Gasteiger partial charge in [0.2, 0.25) is 0 Å². The number of ether oxygens (including phenoxy) is 1. The lowest BCUT2D eigenvalue weighted by atomic mass is 9.69. The summed E-state index contributed by atoms with van der Waals surface area (Å²) in [6.07, 6.45) is 4.98. The molecule has 1 aliphatic carbocycles. The Kier molecular flexibility index (Phi) is 3.95. The average molecular weight is 210 g/mol. The first-order chi connectivity index (χ1) is 6.96. The van der Waals surface area contributed by atoms with Crippen molar-refractivity contribution in [2.24, 2.45) is 11.3 Å². The Balaban J connectivity index is 2.48. The molecule has 0 aromatic carbocycles. The van der Waals surface area contributed by atoms with E-state index < -0.39 is 0 Å². The minimum absolute atomic E-state index is 0.170. The van der Waals surface area contributed by atoms with Crippen LogP contribution in [0.2, 0.25) is 0 Å². The Hall–Kier alpha value is -0.790. The van der Waals surface area contributed by atoms with Gasteiger partial charge in [-0.1, -0.05) is 39.7 Å². The monoisotopic (exact) mass is 210 g/mol. The molecule has 0 spiro atoms. The van der Waals surface area contributed by atoms with Crippen LogP contribution in [0.4, 0.5) is 0 Å². The van der Waals surface area contributed by atoms with Gasteiger partial charge in [0.05, 0.1) is 6.61 Å². The fraction of sp³-hybridized carbons (Fsp3) is 0.769. The number of hydrogen-bond donors (Lipinski definition) is 0. The Morgan fingerprint density at radius 2 is 2.20 bits per heavy atom. The van der Waals surface area contributed by atoms with Crippen molar-refractivity contribution in [1.29, 1.82) is 0 Å². The van der Waals surface area contributed by atoms with E-state index in [2.05, 4.69) is 20.4 Å². The van der Waals surface area contributed by atoms with Gasteiger partial charge in [0.25, 0.3) is 0 Å². The zero-order valence-corrected chi connectivity index (χ0v) is 10.1. The van der Waals surface area contributed by atoms with Gasteiger partial charge in [-0.15, -0.1) is 0 Å².